The van der Waals surface area contributed by atoms with E-state index in [1.165, 1.54) is 0 Å². The summed E-state index contributed by atoms with van der Waals surface area (Å²) in [7, 11) is 0. The first-order chi connectivity index (χ1) is 15.2. The molecule has 0 aromatic heterocycles. The van der Waals surface area contributed by atoms with Gasteiger partial charge in [-0.25, -0.2) is 0 Å². The lowest BCUT2D eigenvalue weighted by Crippen LogP contribution is -2.51. The van der Waals surface area contributed by atoms with E-state index in [4.69, 9.17) is 14.2 Å². The zero-order valence-electron chi connectivity index (χ0n) is 17.6. The second-order valence-corrected chi connectivity index (χ2v) is 8.11. The average Bonchev–Trinajstić information content (AvgIpc) is 3.47. The fraction of sp³-hybridized carbons (Fsp3) is 0.417. The number of fused-ring (bicyclic) bond motifs is 1. The lowest BCUT2D eigenvalue weighted by molar-refractivity contribution is -0.134. The van der Waals surface area contributed by atoms with E-state index in [1.807, 2.05) is 53.1 Å². The van der Waals surface area contributed by atoms with Crippen molar-refractivity contribution in [3.05, 3.63) is 53.6 Å². The van der Waals surface area contributed by atoms with Crippen molar-refractivity contribution in [2.75, 3.05) is 39.6 Å². The van der Waals surface area contributed by atoms with Crippen LogP contribution in [0.2, 0.25) is 0 Å². The molecule has 2 aromatic rings. The normalized spacial score (nSPS) is 21.7. The summed E-state index contributed by atoms with van der Waals surface area (Å²) in [5, 5.41) is 0. The summed E-state index contributed by atoms with van der Waals surface area (Å²) in [4.78, 5) is 29.7. The van der Waals surface area contributed by atoms with Crippen molar-refractivity contribution in [2.45, 2.75) is 19.3 Å². The fourth-order valence-electron chi connectivity index (χ4n) is 4.44. The molecule has 7 nitrogen and oxygen atoms in total. The largest absolute Gasteiger partial charge is 0.493 e. The Labute approximate surface area is 181 Å². The summed E-state index contributed by atoms with van der Waals surface area (Å²) in [6.07, 6.45) is 0.860. The molecule has 1 saturated heterocycles. The zero-order chi connectivity index (χ0) is 21.4. The Bertz CT molecular complexity index is 999. The summed E-state index contributed by atoms with van der Waals surface area (Å²) in [6.45, 7) is 4.86. The van der Waals surface area contributed by atoms with Gasteiger partial charge in [0, 0.05) is 32.1 Å². The Morgan fingerprint density at radius 3 is 2.55 bits per heavy atom. The monoisotopic (exact) mass is 422 g/mol. The van der Waals surface area contributed by atoms with Crippen molar-refractivity contribution in [3.8, 4) is 17.2 Å². The Hall–Kier alpha value is -3.22. The van der Waals surface area contributed by atoms with Crippen molar-refractivity contribution in [1.82, 2.24) is 9.80 Å². The molecular formula is C24H26N2O5. The van der Waals surface area contributed by atoms with E-state index in [-0.39, 0.29) is 30.4 Å². The van der Waals surface area contributed by atoms with Gasteiger partial charge in [-0.05, 0) is 49.1 Å². The third-order valence-electron chi connectivity index (χ3n) is 6.23. The van der Waals surface area contributed by atoms with Crippen LogP contribution in [0.5, 0.6) is 17.2 Å². The molecule has 3 aliphatic rings. The van der Waals surface area contributed by atoms with Gasteiger partial charge in [0.2, 0.25) is 12.7 Å². The number of rotatable bonds is 5. The quantitative estimate of drug-likeness (QED) is 0.741. The summed E-state index contributed by atoms with van der Waals surface area (Å²) in [5.74, 6) is 2.53. The second kappa shape index (κ2) is 8.13. The molecule has 2 amide bonds. The predicted molar refractivity (Wildman–Crippen MR) is 114 cm³/mol. The maximum atomic E-state index is 13.0. The van der Waals surface area contributed by atoms with Crippen LogP contribution in [0, 0.1) is 5.92 Å². The molecule has 2 atom stereocenters. The van der Waals surface area contributed by atoms with Crippen molar-refractivity contribution in [3.63, 3.8) is 0 Å². The first-order valence-corrected chi connectivity index (χ1v) is 10.8. The highest BCUT2D eigenvalue weighted by Gasteiger charge is 2.46. The van der Waals surface area contributed by atoms with Gasteiger partial charge in [-0.15, -0.1) is 0 Å². The van der Waals surface area contributed by atoms with Crippen LogP contribution >= 0.6 is 0 Å². The smallest absolute Gasteiger partial charge is 0.257 e. The minimum atomic E-state index is -0.0409. The van der Waals surface area contributed by atoms with Crippen LogP contribution in [0.1, 0.15) is 35.2 Å². The number of piperazine rings is 1. The Kier molecular flexibility index (Phi) is 5.18. The fourth-order valence-corrected chi connectivity index (χ4v) is 4.44. The highest BCUT2D eigenvalue weighted by atomic mass is 16.7. The molecule has 1 aliphatic carbocycles. The maximum Gasteiger partial charge on any atom is 0.257 e. The minimum Gasteiger partial charge on any atom is -0.493 e. The van der Waals surface area contributed by atoms with Crippen molar-refractivity contribution < 1.29 is 23.8 Å². The van der Waals surface area contributed by atoms with Gasteiger partial charge < -0.3 is 24.0 Å². The van der Waals surface area contributed by atoms with Crippen LogP contribution in [-0.2, 0) is 4.79 Å². The lowest BCUT2D eigenvalue weighted by Gasteiger charge is -2.35. The van der Waals surface area contributed by atoms with Gasteiger partial charge >= 0.3 is 0 Å². The molecular weight excluding hydrogens is 396 g/mol. The predicted octanol–water partition coefficient (Wildman–Crippen LogP) is 2.90. The Morgan fingerprint density at radius 2 is 1.74 bits per heavy atom. The SMILES string of the molecule is CCOc1ccccc1C(=O)N1CCN(C(=O)[C@@H]2C[C@H]2c2ccc3c(c2)OCO3)CC1. The number of hydrogen-bond acceptors (Lipinski definition) is 5. The highest BCUT2D eigenvalue weighted by molar-refractivity contribution is 5.97. The van der Waals surface area contributed by atoms with Gasteiger partial charge in [-0.1, -0.05) is 18.2 Å². The van der Waals surface area contributed by atoms with Crippen LogP contribution in [0.4, 0.5) is 0 Å². The first kappa shape index (κ1) is 19.7. The van der Waals surface area contributed by atoms with Crippen LogP contribution in [0.25, 0.3) is 0 Å². The maximum absolute atomic E-state index is 13.0. The van der Waals surface area contributed by atoms with Crippen molar-refractivity contribution in [2.24, 2.45) is 5.92 Å². The number of para-hydroxylation sites is 1. The molecule has 0 bridgehead atoms. The van der Waals surface area contributed by atoms with E-state index < -0.39 is 0 Å². The summed E-state index contributed by atoms with van der Waals surface area (Å²) in [6, 6.07) is 13.3. The van der Waals surface area contributed by atoms with Gasteiger partial charge in [-0.2, -0.15) is 0 Å². The van der Waals surface area contributed by atoms with E-state index in [0.29, 0.717) is 44.1 Å². The number of nitrogens with zero attached hydrogens (tertiary/aromatic N) is 2. The number of amides is 2. The average molecular weight is 422 g/mol. The summed E-state index contributed by atoms with van der Waals surface area (Å²) in [5.41, 5.74) is 1.71. The van der Waals surface area contributed by atoms with E-state index in [1.54, 1.807) is 6.07 Å². The van der Waals surface area contributed by atoms with Crippen LogP contribution in [-0.4, -0.2) is 61.2 Å². The van der Waals surface area contributed by atoms with E-state index in [9.17, 15) is 9.59 Å². The van der Waals surface area contributed by atoms with E-state index in [0.717, 1.165) is 23.5 Å². The number of carbonyl (C=O) groups excluding carboxylic acids is 2. The zero-order valence-corrected chi connectivity index (χ0v) is 17.6. The molecule has 2 aliphatic heterocycles. The molecule has 1 saturated carbocycles. The van der Waals surface area contributed by atoms with Crippen LogP contribution < -0.4 is 14.2 Å². The summed E-state index contributed by atoms with van der Waals surface area (Å²) < 4.78 is 16.4. The van der Waals surface area contributed by atoms with Gasteiger partial charge in [0.1, 0.15) is 5.75 Å². The van der Waals surface area contributed by atoms with Crippen LogP contribution in [0.3, 0.4) is 0 Å². The number of ether oxygens (including phenoxy) is 3. The van der Waals surface area contributed by atoms with E-state index in [2.05, 4.69) is 0 Å². The second-order valence-electron chi connectivity index (χ2n) is 8.11. The molecule has 2 aromatic carbocycles. The standard InChI is InChI=1S/C24H26N2O5/c1-2-29-20-6-4-3-5-17(20)23(27)25-9-11-26(12-10-25)24(28)19-14-18(19)16-7-8-21-22(13-16)31-15-30-21/h3-8,13,18-19H,2,9-12,14-15H2,1H3/t18-,19+/m0/s1. The first-order valence-electron chi connectivity index (χ1n) is 10.8. The Morgan fingerprint density at radius 1 is 1.00 bits per heavy atom. The van der Waals surface area contributed by atoms with E-state index >= 15 is 0 Å². The van der Waals surface area contributed by atoms with Gasteiger partial charge in [0.25, 0.3) is 5.91 Å². The third kappa shape index (κ3) is 3.80. The molecule has 0 radical (unpaired) electrons. The number of hydrogen-bond donors (Lipinski definition) is 0. The molecule has 7 heteroatoms. The van der Waals surface area contributed by atoms with Gasteiger partial charge in [-0.3, -0.25) is 9.59 Å². The lowest BCUT2D eigenvalue weighted by atomic mass is 10.1. The van der Waals surface area contributed by atoms with Crippen molar-refractivity contribution >= 4 is 11.8 Å². The van der Waals surface area contributed by atoms with Gasteiger partial charge in [0.05, 0.1) is 12.2 Å². The minimum absolute atomic E-state index is 0.0151. The molecule has 0 N–H and O–H groups in total. The van der Waals surface area contributed by atoms with Gasteiger partial charge in [0.15, 0.2) is 11.5 Å². The third-order valence-corrected chi connectivity index (χ3v) is 6.23. The molecule has 0 unspecified atom stereocenters. The molecule has 0 spiro atoms. The Balaban J connectivity index is 1.18. The summed E-state index contributed by atoms with van der Waals surface area (Å²) >= 11 is 0. The molecule has 31 heavy (non-hydrogen) atoms. The molecule has 2 fully saturated rings. The van der Waals surface area contributed by atoms with Crippen LogP contribution in [0.15, 0.2) is 42.5 Å². The number of carbonyl (C=O) groups is 2. The van der Waals surface area contributed by atoms with Crippen molar-refractivity contribution in [1.29, 1.82) is 0 Å². The number of benzene rings is 2. The molecule has 162 valence electrons. The molecule has 5 rings (SSSR count). The molecule has 2 heterocycles. The topological polar surface area (TPSA) is 68.3 Å². The highest BCUT2D eigenvalue weighted by Crippen LogP contribution is 2.50.